The van der Waals surface area contributed by atoms with Crippen LogP contribution in [0, 0.1) is 76.2 Å². The first-order chi connectivity index (χ1) is 41.8. The predicted octanol–water partition coefficient (Wildman–Crippen LogP) is 29.9. The molecule has 14 aromatic rings. The molecular weight excluding hydrogens is 1210 g/mol. The van der Waals surface area contributed by atoms with Crippen molar-refractivity contribution < 1.29 is 30.9 Å². The Hall–Kier alpha value is -5.32. The van der Waals surface area contributed by atoms with Gasteiger partial charge in [-0.15, -0.1) is 79.4 Å². The van der Waals surface area contributed by atoms with E-state index in [-0.39, 0.29) is 5.41 Å². The van der Waals surface area contributed by atoms with Crippen molar-refractivity contribution in [3.05, 3.63) is 160 Å². The molecule has 0 amide bonds. The molecule has 14 heteroatoms. The summed E-state index contributed by atoms with van der Waals surface area (Å²) in [5.41, 5.74) is 10.5. The molecule has 480 valence electrons. The second-order valence-corrected chi connectivity index (χ2v) is 26.0. The van der Waals surface area contributed by atoms with Gasteiger partial charge in [0.25, 0.3) is 0 Å². The molecule has 0 radical (unpaired) electrons. The Balaban J connectivity index is 0.000000491. The van der Waals surface area contributed by atoms with E-state index in [0.29, 0.717) is 0 Å². The fraction of sp³-hybridized carbons (Fsp3) is 0.425. The molecule has 0 aliphatic heterocycles. The average Bonchev–Trinajstić information content (AvgIpc) is 3.81. The predicted molar refractivity (Wildman–Crippen MR) is 398 cm³/mol. The van der Waals surface area contributed by atoms with E-state index in [4.69, 9.17) is 30.9 Å². The zero-order chi connectivity index (χ0) is 66.3. The van der Waals surface area contributed by atoms with Crippen molar-refractivity contribution in [1.82, 2.24) is 0 Å². The Morgan fingerprint density at radius 3 is 1.24 bits per heavy atom. The van der Waals surface area contributed by atoms with E-state index in [9.17, 15) is 0 Å². The Morgan fingerprint density at radius 1 is 0.379 bits per heavy atom. The maximum Gasteiger partial charge on any atom is 0.188 e. The fourth-order valence-corrected chi connectivity index (χ4v) is 14.2. The maximum atomic E-state index is 5.69. The van der Waals surface area contributed by atoms with E-state index in [1.54, 1.807) is 91.9 Å². The van der Waals surface area contributed by atoms with Crippen molar-refractivity contribution in [3.8, 4) is 0 Å². The van der Waals surface area contributed by atoms with Gasteiger partial charge in [0.15, 0.2) is 34.3 Å². The lowest BCUT2D eigenvalue weighted by Gasteiger charge is -2.13. The summed E-state index contributed by atoms with van der Waals surface area (Å²) in [6, 6.07) is 12.6. The molecule has 0 unspecified atom stereocenters. The van der Waals surface area contributed by atoms with Gasteiger partial charge in [-0.05, 0) is 179 Å². The Morgan fingerprint density at radius 2 is 0.805 bits per heavy atom. The van der Waals surface area contributed by atoms with E-state index in [2.05, 4.69) is 150 Å². The standard InChI is InChI=1S/C10H12OS.C9H10OS.5C8H8OS.7C2H6/c1-10(2,3)8-6-7-4-5-12-9(7)11-8;1-5-4-10-9-8(5)6(2)7(3)11-9;1-5-4-9-8-7(5)3-6(2)10-8;2*1-5-3-9-8-7(5)6(2)4-10-8;1-5-6(2)10-8-7(5)3-4-9-8;1-2-7-5-6-3-4-10-8(6)9-7;7*1-2/h4-6H,1-3H3;4H,1-3H3;4*3-4H,1-2H3;3-5H,2H2,1H3;7*1-2H3. The smallest absolute Gasteiger partial charge is 0.188 e. The topological polar surface area (TPSA) is 92.0 Å². The van der Waals surface area contributed by atoms with Gasteiger partial charge in [0.1, 0.15) is 11.5 Å². The molecule has 0 bridgehead atoms. The molecule has 0 spiro atoms. The van der Waals surface area contributed by atoms with Crippen molar-refractivity contribution >= 4 is 151 Å². The highest BCUT2D eigenvalue weighted by Gasteiger charge is 2.19. The summed E-state index contributed by atoms with van der Waals surface area (Å²) in [7, 11) is 0. The molecule has 14 heterocycles. The lowest BCUT2D eigenvalue weighted by molar-refractivity contribution is 0.433. The van der Waals surface area contributed by atoms with Crippen molar-refractivity contribution in [2.24, 2.45) is 0 Å². The number of hydrogen-bond donors (Lipinski definition) is 0. The number of rotatable bonds is 1. The number of aryl methyl sites for hydroxylation is 12. The minimum Gasteiger partial charge on any atom is -0.454 e. The molecule has 0 aliphatic rings. The summed E-state index contributed by atoms with van der Waals surface area (Å²) in [6.07, 6.45) is 9.99. The van der Waals surface area contributed by atoms with Gasteiger partial charge >= 0.3 is 0 Å². The Labute approximate surface area is 550 Å². The third kappa shape index (κ3) is 22.0. The minimum atomic E-state index is 0.124. The van der Waals surface area contributed by atoms with E-state index in [1.165, 1.54) is 96.8 Å². The van der Waals surface area contributed by atoms with Crippen molar-refractivity contribution in [1.29, 1.82) is 0 Å². The van der Waals surface area contributed by atoms with E-state index in [0.717, 1.165) is 52.2 Å². The molecule has 0 saturated heterocycles. The van der Waals surface area contributed by atoms with Crippen molar-refractivity contribution in [2.45, 2.75) is 213 Å². The minimum absolute atomic E-state index is 0.124. The first kappa shape index (κ1) is 79.7. The summed E-state index contributed by atoms with van der Waals surface area (Å²) < 4.78 is 37.6. The van der Waals surface area contributed by atoms with Crippen molar-refractivity contribution in [2.75, 3.05) is 0 Å². The summed E-state index contributed by atoms with van der Waals surface area (Å²) in [4.78, 5) is 11.4. The molecule has 0 aromatic carbocycles. The molecule has 7 nitrogen and oxygen atoms in total. The van der Waals surface area contributed by atoms with Gasteiger partial charge in [0, 0.05) is 64.2 Å². The third-order valence-corrected chi connectivity index (χ3v) is 19.0. The van der Waals surface area contributed by atoms with E-state index in [1.807, 2.05) is 127 Å². The van der Waals surface area contributed by atoms with Gasteiger partial charge in [0.2, 0.25) is 0 Å². The summed E-state index contributed by atoms with van der Waals surface area (Å²) >= 11 is 11.8. The van der Waals surface area contributed by atoms with E-state index < -0.39 is 0 Å². The summed E-state index contributed by atoms with van der Waals surface area (Å²) in [5.74, 6) is 2.16. The van der Waals surface area contributed by atoms with Crippen LogP contribution in [0.4, 0.5) is 0 Å². The van der Waals surface area contributed by atoms with Crippen LogP contribution in [0.25, 0.3) is 72.0 Å². The second kappa shape index (κ2) is 41.1. The Kier molecular flexibility index (Phi) is 37.6. The van der Waals surface area contributed by atoms with Crippen LogP contribution in [0.2, 0.25) is 0 Å². The van der Waals surface area contributed by atoms with Gasteiger partial charge in [-0.1, -0.05) is 125 Å². The van der Waals surface area contributed by atoms with E-state index >= 15 is 0 Å². The molecule has 0 fully saturated rings. The van der Waals surface area contributed by atoms with Gasteiger partial charge < -0.3 is 30.9 Å². The van der Waals surface area contributed by atoms with Crippen LogP contribution >= 0.6 is 79.4 Å². The van der Waals surface area contributed by atoms with Gasteiger partial charge in [-0.2, -0.15) is 0 Å². The number of thiophene rings is 7. The normalized spacial score (nSPS) is 9.94. The van der Waals surface area contributed by atoms with Crippen LogP contribution in [0.5, 0.6) is 0 Å². The zero-order valence-corrected chi connectivity index (χ0v) is 63.8. The molecule has 0 N–H and O–H groups in total. The first-order valence-corrected chi connectivity index (χ1v) is 36.9. The highest BCUT2D eigenvalue weighted by molar-refractivity contribution is 7.19. The molecule has 0 aliphatic carbocycles. The Bertz CT molecular complexity index is 3800. The van der Waals surface area contributed by atoms with Crippen LogP contribution in [-0.4, -0.2) is 0 Å². The fourth-order valence-electron chi connectivity index (χ4n) is 7.94. The third-order valence-electron chi connectivity index (χ3n) is 12.3. The molecular formula is C73H104O7S7. The molecule has 0 saturated carbocycles. The van der Waals surface area contributed by atoms with Crippen LogP contribution in [0.1, 0.15) is 195 Å². The molecule has 87 heavy (non-hydrogen) atoms. The van der Waals surface area contributed by atoms with Crippen LogP contribution in [-0.2, 0) is 11.8 Å². The van der Waals surface area contributed by atoms with Crippen LogP contribution < -0.4 is 0 Å². The maximum absolute atomic E-state index is 5.69. The highest BCUT2D eigenvalue weighted by atomic mass is 32.1. The van der Waals surface area contributed by atoms with Gasteiger partial charge in [0.05, 0.1) is 31.3 Å². The first-order valence-electron chi connectivity index (χ1n) is 30.9. The number of fused-ring (bicyclic) bond motifs is 7. The van der Waals surface area contributed by atoms with Crippen LogP contribution in [0.15, 0.2) is 120 Å². The van der Waals surface area contributed by atoms with Crippen LogP contribution in [0.3, 0.4) is 0 Å². The molecule has 14 aromatic heterocycles. The largest absolute Gasteiger partial charge is 0.454 e. The number of furan rings is 7. The summed E-state index contributed by atoms with van der Waals surface area (Å²) in [6.45, 7) is 59.7. The SMILES string of the molecule is CC.CC.CC.CC.CC.CC.CC.CC(C)(C)c1cc2ccsc2o1.CCc1cc2ccsc2o1.Cc1cc2c(C)coc2s1.Cc1coc2scc(C)c12.Cc1coc2scc(C)c12.Cc1sc2occ(C)c2c1C.Cc1sc2occc2c1C. The van der Waals surface area contributed by atoms with Gasteiger partial charge in [-0.25, -0.2) is 0 Å². The quantitative estimate of drug-likeness (QED) is 0.162. The molecule has 0 atom stereocenters. The van der Waals surface area contributed by atoms with Gasteiger partial charge in [-0.3, -0.25) is 0 Å². The second-order valence-electron chi connectivity index (χ2n) is 19.0. The van der Waals surface area contributed by atoms with Crippen molar-refractivity contribution in [3.63, 3.8) is 0 Å². The average molecular weight is 1320 g/mol. The lowest BCUT2D eigenvalue weighted by atomic mass is 9.93. The summed E-state index contributed by atoms with van der Waals surface area (Å²) in [5, 5.41) is 17.3. The monoisotopic (exact) mass is 1320 g/mol. The zero-order valence-electron chi connectivity index (χ0n) is 58.1. The lowest BCUT2D eigenvalue weighted by Crippen LogP contribution is -2.08. The number of hydrogen-bond acceptors (Lipinski definition) is 14. The molecule has 14 rings (SSSR count). The highest BCUT2D eigenvalue weighted by Crippen LogP contribution is 2.36.